The van der Waals surface area contributed by atoms with Crippen LogP contribution in [0.25, 0.3) is 0 Å². The van der Waals surface area contributed by atoms with Gasteiger partial charge in [-0.05, 0) is 31.0 Å². The number of nitrogens with zero attached hydrogens (tertiary/aromatic N) is 1. The van der Waals surface area contributed by atoms with Gasteiger partial charge in [-0.2, -0.15) is 13.2 Å². The molecule has 1 aromatic rings. The summed E-state index contributed by atoms with van der Waals surface area (Å²) in [5.74, 6) is -1.90. The third-order valence-corrected chi connectivity index (χ3v) is 4.01. The van der Waals surface area contributed by atoms with Crippen molar-refractivity contribution in [1.82, 2.24) is 4.90 Å². The zero-order valence-electron chi connectivity index (χ0n) is 13.5. The fourth-order valence-electron chi connectivity index (χ4n) is 2.74. The van der Waals surface area contributed by atoms with Crippen molar-refractivity contribution in [3.63, 3.8) is 0 Å². The Hall–Kier alpha value is -2.58. The van der Waals surface area contributed by atoms with E-state index in [9.17, 15) is 27.6 Å². The maximum absolute atomic E-state index is 13.0. The molecule has 1 aromatic carbocycles. The maximum Gasteiger partial charge on any atom is 0.416 e. The number of primary amides is 1. The first-order chi connectivity index (χ1) is 11.6. The van der Waals surface area contributed by atoms with E-state index >= 15 is 0 Å². The van der Waals surface area contributed by atoms with Crippen molar-refractivity contribution in [3.8, 4) is 0 Å². The summed E-state index contributed by atoms with van der Waals surface area (Å²) in [5.41, 5.74) is 3.94. The number of amides is 3. The Morgan fingerprint density at radius 3 is 2.24 bits per heavy atom. The predicted octanol–water partition coefficient (Wildman–Crippen LogP) is 2.00. The van der Waals surface area contributed by atoms with Crippen LogP contribution in [-0.2, 0) is 15.8 Å². The first kappa shape index (κ1) is 18.8. The van der Waals surface area contributed by atoms with Crippen LogP contribution in [0.15, 0.2) is 18.2 Å². The summed E-state index contributed by atoms with van der Waals surface area (Å²) in [5, 5.41) is 2.27. The molecule has 136 valence electrons. The van der Waals surface area contributed by atoms with Gasteiger partial charge in [-0.1, -0.05) is 0 Å². The minimum Gasteiger partial charge on any atom is -0.369 e. The molecule has 0 aromatic heterocycles. The van der Waals surface area contributed by atoms with Crippen molar-refractivity contribution in [3.05, 3.63) is 29.3 Å². The lowest BCUT2D eigenvalue weighted by atomic mass is 9.95. The van der Waals surface area contributed by atoms with E-state index in [1.807, 2.05) is 0 Å². The van der Waals surface area contributed by atoms with E-state index < -0.39 is 29.5 Å². The van der Waals surface area contributed by atoms with Gasteiger partial charge in [0.1, 0.15) is 0 Å². The fourth-order valence-corrected chi connectivity index (χ4v) is 2.74. The molecule has 9 heteroatoms. The van der Waals surface area contributed by atoms with Gasteiger partial charge in [0, 0.05) is 37.2 Å². The summed E-state index contributed by atoms with van der Waals surface area (Å²) < 4.78 is 39.1. The molecule has 0 radical (unpaired) electrons. The molecule has 3 amide bonds. The maximum atomic E-state index is 13.0. The Bertz CT molecular complexity index is 696. The van der Waals surface area contributed by atoms with Crippen LogP contribution in [-0.4, -0.2) is 35.7 Å². The number of nitrogens with one attached hydrogen (secondary N) is 1. The van der Waals surface area contributed by atoms with Crippen LogP contribution in [0.4, 0.5) is 18.9 Å². The van der Waals surface area contributed by atoms with Gasteiger partial charge in [0.25, 0.3) is 5.91 Å². The zero-order valence-corrected chi connectivity index (χ0v) is 13.5. The molecular weight excluding hydrogens is 339 g/mol. The molecule has 1 aliphatic heterocycles. The SMILES string of the molecule is CC(=O)Nc1cc(C(=O)N2CCC(C(N)=O)CC2)cc(C(F)(F)F)c1. The summed E-state index contributed by atoms with van der Waals surface area (Å²) in [6, 6.07) is 2.74. The Morgan fingerprint density at radius 1 is 1.16 bits per heavy atom. The van der Waals surface area contributed by atoms with Gasteiger partial charge in [-0.25, -0.2) is 0 Å². The predicted molar refractivity (Wildman–Crippen MR) is 83.6 cm³/mol. The van der Waals surface area contributed by atoms with Gasteiger partial charge in [0.2, 0.25) is 11.8 Å². The van der Waals surface area contributed by atoms with Gasteiger partial charge < -0.3 is 16.0 Å². The minimum atomic E-state index is -4.65. The fraction of sp³-hybridized carbons (Fsp3) is 0.438. The van der Waals surface area contributed by atoms with Gasteiger partial charge in [0.15, 0.2) is 0 Å². The van der Waals surface area contributed by atoms with Crippen LogP contribution in [0.5, 0.6) is 0 Å². The molecule has 25 heavy (non-hydrogen) atoms. The van der Waals surface area contributed by atoms with Crippen molar-refractivity contribution in [2.45, 2.75) is 25.9 Å². The number of rotatable bonds is 3. The largest absolute Gasteiger partial charge is 0.416 e. The average Bonchev–Trinajstić information content (AvgIpc) is 2.52. The van der Waals surface area contributed by atoms with Crippen molar-refractivity contribution in [2.75, 3.05) is 18.4 Å². The number of carbonyl (C=O) groups excluding carboxylic acids is 3. The van der Waals surface area contributed by atoms with E-state index in [4.69, 9.17) is 5.73 Å². The number of piperidine rings is 1. The average molecular weight is 357 g/mol. The van der Waals surface area contributed by atoms with Crippen LogP contribution in [0.2, 0.25) is 0 Å². The zero-order chi connectivity index (χ0) is 18.8. The smallest absolute Gasteiger partial charge is 0.369 e. The van der Waals surface area contributed by atoms with Crippen LogP contribution >= 0.6 is 0 Å². The third-order valence-electron chi connectivity index (χ3n) is 4.01. The molecular formula is C16H18F3N3O3. The first-order valence-electron chi connectivity index (χ1n) is 7.66. The number of alkyl halides is 3. The summed E-state index contributed by atoms with van der Waals surface area (Å²) in [6.45, 7) is 1.63. The van der Waals surface area contributed by atoms with Crippen LogP contribution in [0.1, 0.15) is 35.7 Å². The lowest BCUT2D eigenvalue weighted by molar-refractivity contribution is -0.137. The number of halogens is 3. The Morgan fingerprint density at radius 2 is 1.76 bits per heavy atom. The van der Waals surface area contributed by atoms with Crippen molar-refractivity contribution in [1.29, 1.82) is 0 Å². The summed E-state index contributed by atoms with van der Waals surface area (Å²) in [7, 11) is 0. The quantitative estimate of drug-likeness (QED) is 0.867. The van der Waals surface area contributed by atoms with E-state index in [-0.39, 0.29) is 30.3 Å². The number of nitrogens with two attached hydrogens (primary N) is 1. The van der Waals surface area contributed by atoms with Crippen LogP contribution in [0.3, 0.4) is 0 Å². The van der Waals surface area contributed by atoms with Crippen molar-refractivity contribution < 1.29 is 27.6 Å². The molecule has 1 fully saturated rings. The number of anilines is 1. The highest BCUT2D eigenvalue weighted by atomic mass is 19.4. The number of hydrogen-bond acceptors (Lipinski definition) is 3. The van der Waals surface area contributed by atoms with Gasteiger partial charge >= 0.3 is 6.18 Å². The second-order valence-corrected chi connectivity index (χ2v) is 5.95. The third kappa shape index (κ3) is 4.71. The molecule has 0 unspecified atom stereocenters. The lowest BCUT2D eigenvalue weighted by Gasteiger charge is -2.30. The summed E-state index contributed by atoms with van der Waals surface area (Å²) in [6.07, 6.45) is -3.90. The topological polar surface area (TPSA) is 92.5 Å². The highest BCUT2D eigenvalue weighted by Crippen LogP contribution is 2.32. The molecule has 6 nitrogen and oxygen atoms in total. The van der Waals surface area contributed by atoms with Gasteiger partial charge in [-0.3, -0.25) is 14.4 Å². The molecule has 1 saturated heterocycles. The van der Waals surface area contributed by atoms with E-state index in [2.05, 4.69) is 5.32 Å². The van der Waals surface area contributed by atoms with Crippen LogP contribution < -0.4 is 11.1 Å². The Labute approximate surface area is 142 Å². The lowest BCUT2D eigenvalue weighted by Crippen LogP contribution is -2.41. The summed E-state index contributed by atoms with van der Waals surface area (Å²) in [4.78, 5) is 36.2. The number of likely N-dealkylation sites (tertiary alicyclic amines) is 1. The summed E-state index contributed by atoms with van der Waals surface area (Å²) >= 11 is 0. The van der Waals surface area contributed by atoms with Crippen LogP contribution in [0, 0.1) is 5.92 Å². The second-order valence-electron chi connectivity index (χ2n) is 5.95. The highest BCUT2D eigenvalue weighted by Gasteiger charge is 2.33. The molecule has 0 aliphatic carbocycles. The number of benzene rings is 1. The van der Waals surface area contributed by atoms with E-state index in [0.717, 1.165) is 19.1 Å². The van der Waals surface area contributed by atoms with E-state index in [0.29, 0.717) is 12.8 Å². The normalized spacial score (nSPS) is 15.8. The molecule has 0 atom stereocenters. The first-order valence-corrected chi connectivity index (χ1v) is 7.66. The van der Waals surface area contributed by atoms with E-state index in [1.54, 1.807) is 0 Å². The molecule has 1 heterocycles. The monoisotopic (exact) mass is 357 g/mol. The second kappa shape index (κ2) is 7.12. The molecule has 0 spiro atoms. The molecule has 3 N–H and O–H groups in total. The Balaban J connectivity index is 2.26. The van der Waals surface area contributed by atoms with Gasteiger partial charge in [0.05, 0.1) is 5.56 Å². The molecule has 1 aliphatic rings. The highest BCUT2D eigenvalue weighted by molar-refractivity contribution is 5.97. The minimum absolute atomic E-state index is 0.0994. The molecule has 0 bridgehead atoms. The standard InChI is InChI=1S/C16H18F3N3O3/c1-9(23)21-13-7-11(6-12(8-13)16(17,18)19)15(25)22-4-2-10(3-5-22)14(20)24/h6-8,10H,2-5H2,1H3,(H2,20,24)(H,21,23). The molecule has 2 rings (SSSR count). The van der Waals surface area contributed by atoms with E-state index in [1.165, 1.54) is 11.0 Å². The van der Waals surface area contributed by atoms with Gasteiger partial charge in [-0.15, -0.1) is 0 Å². The van der Waals surface area contributed by atoms with Crippen molar-refractivity contribution >= 4 is 23.4 Å². The van der Waals surface area contributed by atoms with Crippen molar-refractivity contribution in [2.24, 2.45) is 11.7 Å². The molecule has 0 saturated carbocycles. The Kier molecular flexibility index (Phi) is 5.34. The number of hydrogen-bond donors (Lipinski definition) is 2. The number of carbonyl (C=O) groups is 3.